The summed E-state index contributed by atoms with van der Waals surface area (Å²) in [7, 11) is 1.58. The minimum Gasteiger partial charge on any atom is -0.295 e. The first-order chi connectivity index (χ1) is 10.6. The number of nitrogens with zero attached hydrogens (tertiary/aromatic N) is 4. The topological polar surface area (TPSA) is 89.8 Å². The summed E-state index contributed by atoms with van der Waals surface area (Å²) in [6.07, 6.45) is 3.14. The zero-order valence-electron chi connectivity index (χ0n) is 12.1. The number of carbonyl (C=O) groups is 1. The van der Waals surface area contributed by atoms with Crippen molar-refractivity contribution in [2.75, 3.05) is 5.32 Å². The molecule has 7 nitrogen and oxygen atoms in total. The lowest BCUT2D eigenvalue weighted by atomic mass is 10.2. The minimum atomic E-state index is -0.544. The molecule has 0 aliphatic rings. The average molecular weight is 295 g/mol. The Hall–Kier alpha value is -3.09. The van der Waals surface area contributed by atoms with Crippen LogP contribution in [0.3, 0.4) is 0 Å². The summed E-state index contributed by atoms with van der Waals surface area (Å²) >= 11 is 0. The summed E-state index contributed by atoms with van der Waals surface area (Å²) in [6.45, 7) is 1.79. The first kappa shape index (κ1) is 13.9. The van der Waals surface area contributed by atoms with Gasteiger partial charge in [-0.15, -0.1) is 0 Å². The second-order valence-corrected chi connectivity index (χ2v) is 4.81. The van der Waals surface area contributed by atoms with Gasteiger partial charge in [0, 0.05) is 30.5 Å². The third-order valence-corrected chi connectivity index (χ3v) is 3.23. The molecule has 0 saturated carbocycles. The van der Waals surface area contributed by atoms with Crippen LogP contribution in [-0.2, 0) is 7.05 Å². The molecule has 0 atom stereocenters. The van der Waals surface area contributed by atoms with Crippen LogP contribution in [0.5, 0.6) is 0 Å². The summed E-state index contributed by atoms with van der Waals surface area (Å²) in [5.41, 5.74) is 0.848. The first-order valence-corrected chi connectivity index (χ1v) is 6.62. The molecule has 7 heteroatoms. The highest BCUT2D eigenvalue weighted by atomic mass is 16.2. The van der Waals surface area contributed by atoms with E-state index in [-0.39, 0.29) is 11.5 Å². The van der Waals surface area contributed by atoms with Gasteiger partial charge in [-0.3, -0.25) is 19.5 Å². The average Bonchev–Trinajstić information content (AvgIpc) is 2.51. The highest BCUT2D eigenvalue weighted by Crippen LogP contribution is 2.10. The molecule has 0 fully saturated rings. The van der Waals surface area contributed by atoms with Gasteiger partial charge in [-0.1, -0.05) is 0 Å². The number of fused-ring (bicyclic) bond motifs is 1. The van der Waals surface area contributed by atoms with Crippen LogP contribution >= 0.6 is 0 Å². The lowest BCUT2D eigenvalue weighted by Crippen LogP contribution is -2.28. The molecular formula is C15H13N5O2. The maximum absolute atomic E-state index is 12.3. The van der Waals surface area contributed by atoms with Crippen molar-refractivity contribution in [2.45, 2.75) is 6.92 Å². The van der Waals surface area contributed by atoms with E-state index in [0.717, 1.165) is 5.69 Å². The van der Waals surface area contributed by atoms with Gasteiger partial charge in [-0.05, 0) is 31.2 Å². The van der Waals surface area contributed by atoms with Crippen molar-refractivity contribution in [1.29, 1.82) is 0 Å². The van der Waals surface area contributed by atoms with Crippen LogP contribution in [0.2, 0.25) is 0 Å². The summed E-state index contributed by atoms with van der Waals surface area (Å²) in [4.78, 5) is 36.8. The van der Waals surface area contributed by atoms with Gasteiger partial charge in [0.25, 0.3) is 11.5 Å². The molecule has 0 bridgehead atoms. The number of hydrogen-bond donors (Lipinski definition) is 1. The second-order valence-electron chi connectivity index (χ2n) is 4.81. The Morgan fingerprint density at radius 3 is 2.82 bits per heavy atom. The molecule has 0 aliphatic heterocycles. The normalized spacial score (nSPS) is 10.6. The second kappa shape index (κ2) is 5.36. The number of aromatic nitrogens is 4. The van der Waals surface area contributed by atoms with E-state index in [4.69, 9.17) is 0 Å². The van der Waals surface area contributed by atoms with Gasteiger partial charge < -0.3 is 0 Å². The Kier molecular flexibility index (Phi) is 3.38. The van der Waals surface area contributed by atoms with E-state index < -0.39 is 11.5 Å². The van der Waals surface area contributed by atoms with Crippen molar-refractivity contribution < 1.29 is 4.79 Å². The fourth-order valence-corrected chi connectivity index (χ4v) is 2.14. The van der Waals surface area contributed by atoms with Crippen LogP contribution in [0.1, 0.15) is 16.1 Å². The zero-order valence-corrected chi connectivity index (χ0v) is 12.1. The first-order valence-electron chi connectivity index (χ1n) is 6.62. The van der Waals surface area contributed by atoms with Gasteiger partial charge in [-0.25, -0.2) is 15.0 Å². The molecule has 3 heterocycles. The Morgan fingerprint density at radius 2 is 2.05 bits per heavy atom. The molecular weight excluding hydrogens is 282 g/mol. The lowest BCUT2D eigenvalue weighted by Gasteiger charge is -2.08. The van der Waals surface area contributed by atoms with Crippen molar-refractivity contribution in [3.8, 4) is 0 Å². The fourth-order valence-electron chi connectivity index (χ4n) is 2.14. The fraction of sp³-hybridized carbons (Fsp3) is 0.133. The van der Waals surface area contributed by atoms with Crippen molar-refractivity contribution in [3.05, 3.63) is 58.3 Å². The van der Waals surface area contributed by atoms with Crippen molar-refractivity contribution in [2.24, 2.45) is 7.05 Å². The maximum atomic E-state index is 12.3. The molecule has 0 aliphatic carbocycles. The molecule has 1 N–H and O–H groups in total. The van der Waals surface area contributed by atoms with Crippen molar-refractivity contribution >= 4 is 22.9 Å². The lowest BCUT2D eigenvalue weighted by molar-refractivity contribution is 0.102. The van der Waals surface area contributed by atoms with E-state index in [1.165, 1.54) is 10.6 Å². The quantitative estimate of drug-likeness (QED) is 0.769. The summed E-state index contributed by atoms with van der Waals surface area (Å²) in [6, 6.07) is 6.78. The van der Waals surface area contributed by atoms with Crippen LogP contribution in [-0.4, -0.2) is 25.4 Å². The third kappa shape index (κ3) is 2.44. The Labute approximate surface area is 125 Å². The highest BCUT2D eigenvalue weighted by Gasteiger charge is 2.15. The highest BCUT2D eigenvalue weighted by molar-refractivity contribution is 6.04. The van der Waals surface area contributed by atoms with E-state index >= 15 is 0 Å². The predicted octanol–water partition coefficient (Wildman–Crippen LogP) is 1.28. The Bertz CT molecular complexity index is 933. The van der Waals surface area contributed by atoms with E-state index in [2.05, 4.69) is 20.3 Å². The third-order valence-electron chi connectivity index (χ3n) is 3.23. The molecule has 3 rings (SSSR count). The van der Waals surface area contributed by atoms with Crippen LogP contribution in [0.15, 0.2) is 41.5 Å². The molecule has 110 valence electrons. The standard InChI is InChI=1S/C15H13N5O2/c1-9-5-7-17-15(18-9)19-13(21)11-8-10-4-3-6-16-12(10)20(2)14(11)22/h3-8H,1-2H3,(H,17,18,19,21). The SMILES string of the molecule is Cc1ccnc(NC(=O)c2cc3cccnc3n(C)c2=O)n1. The van der Waals surface area contributed by atoms with Crippen LogP contribution in [0.4, 0.5) is 5.95 Å². The molecule has 0 unspecified atom stereocenters. The summed E-state index contributed by atoms with van der Waals surface area (Å²) in [5, 5.41) is 3.25. The van der Waals surface area contributed by atoms with E-state index in [9.17, 15) is 9.59 Å². The van der Waals surface area contributed by atoms with Crippen LogP contribution in [0, 0.1) is 6.92 Å². The number of aryl methyl sites for hydroxylation is 2. The van der Waals surface area contributed by atoms with Crippen LogP contribution in [0.25, 0.3) is 11.0 Å². The van der Waals surface area contributed by atoms with Gasteiger partial charge in [0.15, 0.2) is 0 Å². The van der Waals surface area contributed by atoms with Crippen molar-refractivity contribution in [1.82, 2.24) is 19.5 Å². The molecule has 0 aromatic carbocycles. The molecule has 3 aromatic heterocycles. The van der Waals surface area contributed by atoms with E-state index in [1.807, 2.05) is 0 Å². The van der Waals surface area contributed by atoms with E-state index in [1.54, 1.807) is 44.6 Å². The smallest absolute Gasteiger partial charge is 0.264 e. The Balaban J connectivity index is 2.04. The minimum absolute atomic E-state index is 0.0214. The van der Waals surface area contributed by atoms with Gasteiger partial charge in [-0.2, -0.15) is 0 Å². The Morgan fingerprint density at radius 1 is 1.23 bits per heavy atom. The maximum Gasteiger partial charge on any atom is 0.264 e. The molecule has 22 heavy (non-hydrogen) atoms. The number of nitrogens with one attached hydrogen (secondary N) is 1. The van der Waals surface area contributed by atoms with Crippen LogP contribution < -0.4 is 10.9 Å². The monoisotopic (exact) mass is 295 g/mol. The summed E-state index contributed by atoms with van der Waals surface area (Å²) < 4.78 is 1.35. The number of carbonyl (C=O) groups excluding carboxylic acids is 1. The number of amides is 1. The molecule has 1 amide bonds. The predicted molar refractivity (Wildman–Crippen MR) is 81.7 cm³/mol. The number of pyridine rings is 2. The molecule has 0 radical (unpaired) electrons. The number of hydrogen-bond acceptors (Lipinski definition) is 5. The van der Waals surface area contributed by atoms with Gasteiger partial charge in [0.2, 0.25) is 5.95 Å². The largest absolute Gasteiger partial charge is 0.295 e. The number of anilines is 1. The zero-order chi connectivity index (χ0) is 15.7. The molecule has 0 saturated heterocycles. The van der Waals surface area contributed by atoms with Gasteiger partial charge >= 0.3 is 0 Å². The molecule has 0 spiro atoms. The van der Waals surface area contributed by atoms with Crippen molar-refractivity contribution in [3.63, 3.8) is 0 Å². The van der Waals surface area contributed by atoms with Gasteiger partial charge in [0.05, 0.1) is 0 Å². The van der Waals surface area contributed by atoms with E-state index in [0.29, 0.717) is 11.0 Å². The van der Waals surface area contributed by atoms with Gasteiger partial charge in [0.1, 0.15) is 11.2 Å². The molecule has 3 aromatic rings. The summed E-state index contributed by atoms with van der Waals surface area (Å²) in [5.74, 6) is -0.379. The number of rotatable bonds is 2.